The molecule has 3 aromatic heterocycles. The monoisotopic (exact) mass is 596 g/mol. The maximum atomic E-state index is 13.2. The largest absolute Gasteiger partial charge is 0.475 e. The molecule has 2 aliphatic heterocycles. The number of carbonyl (C=O) groups excluding carboxylic acids is 3. The minimum Gasteiger partial charge on any atom is -0.475 e. The topological polar surface area (TPSA) is 138 Å². The number of likely N-dealkylation sites (tertiary alicyclic amines) is 1. The molecular formula is C29H36N6O6S. The molecule has 2 amide bonds. The third-order valence-electron chi connectivity index (χ3n) is 6.87. The van der Waals surface area contributed by atoms with Crippen LogP contribution in [0.3, 0.4) is 0 Å². The Morgan fingerprint density at radius 2 is 2.00 bits per heavy atom. The van der Waals surface area contributed by atoms with Gasteiger partial charge in [-0.2, -0.15) is 5.10 Å². The van der Waals surface area contributed by atoms with Crippen LogP contribution in [0, 0.1) is 5.92 Å². The number of nitrogens with zero attached hydrogens (tertiary/aromatic N) is 5. The Labute approximate surface area is 248 Å². The predicted molar refractivity (Wildman–Crippen MR) is 156 cm³/mol. The summed E-state index contributed by atoms with van der Waals surface area (Å²) in [6.07, 6.45) is 5.33. The summed E-state index contributed by atoms with van der Waals surface area (Å²) in [6, 6.07) is 3.59. The van der Waals surface area contributed by atoms with Crippen molar-refractivity contribution in [2.45, 2.75) is 58.6 Å². The first kappa shape index (κ1) is 29.6. The Bertz CT molecular complexity index is 1420. The van der Waals surface area contributed by atoms with Crippen molar-refractivity contribution in [1.29, 1.82) is 0 Å². The van der Waals surface area contributed by atoms with Crippen molar-refractivity contribution in [2.75, 3.05) is 38.2 Å². The van der Waals surface area contributed by atoms with E-state index in [9.17, 15) is 14.4 Å². The fourth-order valence-electron chi connectivity index (χ4n) is 4.78. The number of pyridine rings is 1. The van der Waals surface area contributed by atoms with E-state index in [4.69, 9.17) is 14.2 Å². The van der Waals surface area contributed by atoms with Crippen LogP contribution in [0.2, 0.25) is 0 Å². The molecule has 1 saturated heterocycles. The van der Waals surface area contributed by atoms with Crippen molar-refractivity contribution < 1.29 is 28.6 Å². The number of anilines is 1. The molecule has 1 fully saturated rings. The Morgan fingerprint density at radius 1 is 1.19 bits per heavy atom. The minimum absolute atomic E-state index is 0.178. The molecule has 5 heterocycles. The third kappa shape index (κ3) is 7.71. The van der Waals surface area contributed by atoms with Crippen molar-refractivity contribution in [3.8, 4) is 16.5 Å². The van der Waals surface area contributed by atoms with Crippen molar-refractivity contribution in [3.63, 3.8) is 0 Å². The van der Waals surface area contributed by atoms with Crippen LogP contribution < -0.4 is 10.1 Å². The highest BCUT2D eigenvalue weighted by molar-refractivity contribution is 7.13. The van der Waals surface area contributed by atoms with E-state index in [2.05, 4.69) is 20.4 Å². The number of thiazole rings is 1. The lowest BCUT2D eigenvalue weighted by molar-refractivity contribution is 0.0177. The van der Waals surface area contributed by atoms with Gasteiger partial charge in [-0.25, -0.2) is 14.8 Å². The zero-order valence-corrected chi connectivity index (χ0v) is 24.9. The summed E-state index contributed by atoms with van der Waals surface area (Å²) in [5.74, 6) is 0.0994. The number of amides is 2. The number of rotatable bonds is 2. The molecule has 0 aromatic carbocycles. The molecule has 2 aliphatic rings. The summed E-state index contributed by atoms with van der Waals surface area (Å²) in [5, 5.41) is 9.78. The van der Waals surface area contributed by atoms with Gasteiger partial charge in [0.25, 0.3) is 5.91 Å². The second-order valence-electron chi connectivity index (χ2n) is 11.4. The first-order valence-electron chi connectivity index (χ1n) is 14.2. The fourth-order valence-corrected chi connectivity index (χ4v) is 5.58. The van der Waals surface area contributed by atoms with Gasteiger partial charge in [0.05, 0.1) is 12.3 Å². The van der Waals surface area contributed by atoms with Gasteiger partial charge in [-0.1, -0.05) is 0 Å². The molecule has 224 valence electrons. The second kappa shape index (κ2) is 13.0. The van der Waals surface area contributed by atoms with Crippen molar-refractivity contribution >= 4 is 34.8 Å². The number of ketones is 1. The van der Waals surface area contributed by atoms with Crippen LogP contribution in [0.1, 0.15) is 67.4 Å². The second-order valence-corrected chi connectivity index (χ2v) is 12.2. The maximum absolute atomic E-state index is 13.2. The van der Waals surface area contributed by atoms with E-state index in [1.165, 1.54) is 11.3 Å². The summed E-state index contributed by atoms with van der Waals surface area (Å²) in [5.41, 5.74) is 1.06. The van der Waals surface area contributed by atoms with Gasteiger partial charge in [-0.05, 0) is 52.0 Å². The molecule has 13 heteroatoms. The van der Waals surface area contributed by atoms with Crippen LogP contribution >= 0.6 is 11.3 Å². The van der Waals surface area contributed by atoms with Gasteiger partial charge in [-0.15, -0.1) is 11.3 Å². The predicted octanol–water partition coefficient (Wildman–Crippen LogP) is 4.67. The molecule has 0 unspecified atom stereocenters. The molecule has 12 nitrogen and oxygen atoms in total. The molecule has 4 bridgehead atoms. The smallest absolute Gasteiger partial charge is 0.410 e. The minimum atomic E-state index is -0.537. The lowest BCUT2D eigenvalue weighted by atomic mass is 9.97. The van der Waals surface area contributed by atoms with Crippen LogP contribution in [-0.4, -0.2) is 80.9 Å². The molecule has 0 atom stereocenters. The lowest BCUT2D eigenvalue weighted by Gasteiger charge is -2.33. The normalized spacial score (nSPS) is 17.5. The van der Waals surface area contributed by atoms with Gasteiger partial charge in [0.15, 0.2) is 11.5 Å². The number of aromatic nitrogens is 4. The highest BCUT2D eigenvalue weighted by atomic mass is 32.1. The number of carbonyl (C=O) groups is 3. The summed E-state index contributed by atoms with van der Waals surface area (Å²) in [4.78, 5) is 49.3. The molecule has 0 spiro atoms. The first-order chi connectivity index (χ1) is 20.1. The van der Waals surface area contributed by atoms with Crippen LogP contribution in [0.4, 0.5) is 10.5 Å². The molecule has 5 rings (SSSR count). The van der Waals surface area contributed by atoms with Gasteiger partial charge in [0.2, 0.25) is 5.88 Å². The first-order valence-corrected chi connectivity index (χ1v) is 15.0. The van der Waals surface area contributed by atoms with E-state index in [-0.39, 0.29) is 35.6 Å². The Hall–Kier alpha value is -3.84. The summed E-state index contributed by atoms with van der Waals surface area (Å²) < 4.78 is 18.5. The van der Waals surface area contributed by atoms with Gasteiger partial charge < -0.3 is 24.4 Å². The number of hydrogen-bond donors (Lipinski definition) is 1. The zero-order valence-electron chi connectivity index (χ0n) is 24.1. The number of fused-ring (bicyclic) bond motifs is 6. The van der Waals surface area contributed by atoms with Gasteiger partial charge in [-0.3, -0.25) is 14.3 Å². The molecule has 0 radical (unpaired) electrons. The van der Waals surface area contributed by atoms with E-state index in [1.54, 1.807) is 39.5 Å². The van der Waals surface area contributed by atoms with Crippen LogP contribution in [-0.2, 0) is 16.0 Å². The van der Waals surface area contributed by atoms with E-state index < -0.39 is 11.5 Å². The molecule has 1 N–H and O–H groups in total. The summed E-state index contributed by atoms with van der Waals surface area (Å²) in [6.45, 7) is 8.38. The maximum Gasteiger partial charge on any atom is 0.410 e. The number of hydrogen-bond acceptors (Lipinski definition) is 10. The zero-order chi connectivity index (χ0) is 29.7. The van der Waals surface area contributed by atoms with E-state index in [0.29, 0.717) is 62.5 Å². The van der Waals surface area contributed by atoms with Gasteiger partial charge >= 0.3 is 6.09 Å². The summed E-state index contributed by atoms with van der Waals surface area (Å²) >= 11 is 1.33. The number of Topliss-reactive ketones (excluding diaryl/α,β-unsaturated/α-hetero) is 1. The van der Waals surface area contributed by atoms with Crippen LogP contribution in [0.5, 0.6) is 5.88 Å². The molecule has 42 heavy (non-hydrogen) atoms. The summed E-state index contributed by atoms with van der Waals surface area (Å²) in [7, 11) is 0. The highest BCUT2D eigenvalue weighted by Gasteiger charge is 2.28. The molecule has 0 saturated carbocycles. The Kier molecular flexibility index (Phi) is 9.17. The average molecular weight is 597 g/mol. The average Bonchev–Trinajstić information content (AvgIpc) is 3.59. The number of ether oxygens (including phenoxy) is 3. The van der Waals surface area contributed by atoms with Crippen molar-refractivity contribution in [2.24, 2.45) is 5.92 Å². The molecule has 3 aromatic rings. The number of piperidine rings is 1. The third-order valence-corrected chi connectivity index (χ3v) is 7.77. The Morgan fingerprint density at radius 3 is 2.79 bits per heavy atom. The SMILES string of the molecule is CC(C)(C)OC(=O)N1CCC(Cn2cc3c(n2)C(=O)CCCOCCOc2cc(ccn2)-c2nc(cs2)C(=O)N3)CC1. The van der Waals surface area contributed by atoms with Crippen LogP contribution in [0.25, 0.3) is 10.6 Å². The van der Waals surface area contributed by atoms with Crippen LogP contribution in [0.15, 0.2) is 29.9 Å². The van der Waals surface area contributed by atoms with E-state index in [1.807, 2.05) is 20.8 Å². The quantitative estimate of drug-likeness (QED) is 0.447. The van der Waals surface area contributed by atoms with Crippen molar-refractivity contribution in [1.82, 2.24) is 24.6 Å². The molecular weight excluding hydrogens is 560 g/mol. The number of nitrogens with one attached hydrogen (secondary N) is 1. The van der Waals surface area contributed by atoms with Gasteiger partial charge in [0, 0.05) is 62.1 Å². The molecule has 0 aliphatic carbocycles. The lowest BCUT2D eigenvalue weighted by Crippen LogP contribution is -2.42. The standard InChI is InChI=1S/C29H36N6O6S/c1-29(2,3)41-28(38)34-10-7-19(8-11-34)16-35-17-21-25(33-35)23(36)5-4-12-39-13-14-40-24-15-20(6-9-30-24)27-32-22(18-42-27)26(37)31-21/h6,9,15,17-19H,4-5,7-8,10-14,16H2,1-3H3,(H,31,37). The Balaban J connectivity index is 1.31. The highest BCUT2D eigenvalue weighted by Crippen LogP contribution is 2.27. The van der Waals surface area contributed by atoms with Gasteiger partial charge in [0.1, 0.15) is 22.9 Å². The van der Waals surface area contributed by atoms with Crippen molar-refractivity contribution in [3.05, 3.63) is 41.3 Å². The van der Waals surface area contributed by atoms with E-state index in [0.717, 1.165) is 18.4 Å². The fraction of sp³-hybridized carbons (Fsp3) is 0.517. The van der Waals surface area contributed by atoms with E-state index >= 15 is 0 Å².